The summed E-state index contributed by atoms with van der Waals surface area (Å²) in [6.45, 7) is 4.84. The summed E-state index contributed by atoms with van der Waals surface area (Å²) < 4.78 is 4.71. The fraction of sp³-hybridized carbons (Fsp3) is 0.500. The van der Waals surface area contributed by atoms with Gasteiger partial charge in [-0.3, -0.25) is 4.79 Å². The van der Waals surface area contributed by atoms with Gasteiger partial charge in [0.25, 0.3) is 5.91 Å². The van der Waals surface area contributed by atoms with E-state index in [9.17, 15) is 9.59 Å². The molecule has 0 saturated heterocycles. The van der Waals surface area contributed by atoms with Crippen molar-refractivity contribution >= 4 is 33.9 Å². The highest BCUT2D eigenvalue weighted by atomic mass is 32.1. The number of nitrogen functional groups attached to an aromatic ring is 1. The normalized spacial score (nSPS) is 10.6. The van der Waals surface area contributed by atoms with Gasteiger partial charge >= 0.3 is 5.97 Å². The zero-order valence-corrected chi connectivity index (χ0v) is 12.3. The first-order valence-corrected chi connectivity index (χ1v) is 6.62. The molecule has 0 radical (unpaired) electrons. The van der Waals surface area contributed by atoms with Crippen LogP contribution in [-0.4, -0.2) is 32.6 Å². The van der Waals surface area contributed by atoms with Crippen LogP contribution in [0.1, 0.15) is 33.9 Å². The van der Waals surface area contributed by atoms with Crippen LogP contribution in [0.15, 0.2) is 0 Å². The zero-order valence-electron chi connectivity index (χ0n) is 11.5. The van der Waals surface area contributed by atoms with Crippen LogP contribution in [0.4, 0.5) is 10.7 Å². The van der Waals surface area contributed by atoms with Crippen molar-refractivity contribution in [3.05, 3.63) is 10.4 Å². The van der Waals surface area contributed by atoms with Gasteiger partial charge in [0.15, 0.2) is 0 Å². The molecule has 0 spiro atoms. The molecule has 1 amide bonds. The first kappa shape index (κ1) is 15.3. The van der Waals surface area contributed by atoms with Crippen LogP contribution in [0.5, 0.6) is 0 Å². The first-order chi connectivity index (χ1) is 8.79. The summed E-state index contributed by atoms with van der Waals surface area (Å²) in [4.78, 5) is 25.2. The molecule has 6 nitrogen and oxygen atoms in total. The predicted molar refractivity (Wildman–Crippen MR) is 76.7 cm³/mol. The van der Waals surface area contributed by atoms with Crippen LogP contribution >= 0.6 is 11.3 Å². The Morgan fingerprint density at radius 1 is 1.42 bits per heavy atom. The van der Waals surface area contributed by atoms with Gasteiger partial charge in [-0.05, 0) is 5.92 Å². The third-order valence-electron chi connectivity index (χ3n) is 2.53. The van der Waals surface area contributed by atoms with Gasteiger partial charge in [0.05, 0.1) is 12.8 Å². The quantitative estimate of drug-likeness (QED) is 0.795. The number of hydrogen-bond donors (Lipinski definition) is 2. The van der Waals surface area contributed by atoms with E-state index >= 15 is 0 Å². The van der Waals surface area contributed by atoms with Crippen LogP contribution in [0.2, 0.25) is 0 Å². The van der Waals surface area contributed by atoms with Crippen molar-refractivity contribution in [2.75, 3.05) is 31.3 Å². The van der Waals surface area contributed by atoms with Gasteiger partial charge in [-0.25, -0.2) is 4.79 Å². The van der Waals surface area contributed by atoms with Gasteiger partial charge in [0.1, 0.15) is 15.4 Å². The van der Waals surface area contributed by atoms with Gasteiger partial charge in [-0.1, -0.05) is 13.8 Å². The van der Waals surface area contributed by atoms with Crippen molar-refractivity contribution in [2.45, 2.75) is 13.8 Å². The van der Waals surface area contributed by atoms with E-state index < -0.39 is 11.9 Å². The van der Waals surface area contributed by atoms with E-state index in [0.717, 1.165) is 17.9 Å². The molecular formula is C12H19N3O3S. The van der Waals surface area contributed by atoms with E-state index in [-0.39, 0.29) is 16.1 Å². The first-order valence-electron chi connectivity index (χ1n) is 5.81. The molecule has 1 aromatic heterocycles. The highest BCUT2D eigenvalue weighted by molar-refractivity contribution is 7.19. The summed E-state index contributed by atoms with van der Waals surface area (Å²) in [6, 6.07) is 0. The number of nitrogens with two attached hydrogens (primary N) is 2. The number of methoxy groups -OCH3 is 1. The number of carbonyl (C=O) groups is 2. The number of rotatable bonds is 5. The summed E-state index contributed by atoms with van der Waals surface area (Å²) in [6.07, 6.45) is 0. The van der Waals surface area contributed by atoms with Crippen molar-refractivity contribution < 1.29 is 14.3 Å². The number of ether oxygens (including phenoxy) is 1. The van der Waals surface area contributed by atoms with E-state index in [1.807, 2.05) is 11.9 Å². The Morgan fingerprint density at radius 2 is 2.00 bits per heavy atom. The molecule has 0 fully saturated rings. The molecule has 1 heterocycles. The van der Waals surface area contributed by atoms with Gasteiger partial charge in [0, 0.05) is 13.6 Å². The van der Waals surface area contributed by atoms with Crippen molar-refractivity contribution in [1.82, 2.24) is 0 Å². The number of esters is 1. The van der Waals surface area contributed by atoms with Crippen LogP contribution in [0.3, 0.4) is 0 Å². The van der Waals surface area contributed by atoms with E-state index in [2.05, 4.69) is 13.8 Å². The molecule has 0 unspecified atom stereocenters. The van der Waals surface area contributed by atoms with Crippen LogP contribution in [-0.2, 0) is 4.74 Å². The minimum absolute atomic E-state index is 0.0926. The highest BCUT2D eigenvalue weighted by Gasteiger charge is 2.27. The number of primary amides is 1. The van der Waals surface area contributed by atoms with Gasteiger partial charge in [-0.2, -0.15) is 0 Å². The summed E-state index contributed by atoms with van der Waals surface area (Å²) in [5, 5.41) is 0.604. The Kier molecular flexibility index (Phi) is 4.77. The largest absolute Gasteiger partial charge is 0.465 e. The number of hydrogen-bond acceptors (Lipinski definition) is 6. The molecule has 0 aliphatic rings. The highest BCUT2D eigenvalue weighted by Crippen LogP contribution is 2.38. The monoisotopic (exact) mass is 285 g/mol. The fourth-order valence-electron chi connectivity index (χ4n) is 1.81. The van der Waals surface area contributed by atoms with E-state index in [4.69, 9.17) is 16.2 Å². The lowest BCUT2D eigenvalue weighted by Gasteiger charge is -2.20. The Bertz CT molecular complexity index is 497. The molecule has 1 rings (SSSR count). The molecule has 4 N–H and O–H groups in total. The SMILES string of the molecule is COC(=O)c1c(N(C)CC(C)C)sc(C(N)=O)c1N. The topological polar surface area (TPSA) is 98.6 Å². The maximum Gasteiger partial charge on any atom is 0.343 e. The molecule has 1 aromatic rings. The fourth-order valence-corrected chi connectivity index (χ4v) is 2.84. The second-order valence-electron chi connectivity index (χ2n) is 4.66. The van der Waals surface area contributed by atoms with Crippen LogP contribution in [0, 0.1) is 5.92 Å². The van der Waals surface area contributed by atoms with Crippen molar-refractivity contribution in [2.24, 2.45) is 11.7 Å². The van der Waals surface area contributed by atoms with E-state index in [0.29, 0.717) is 10.9 Å². The maximum absolute atomic E-state index is 11.8. The molecule has 7 heteroatoms. The van der Waals surface area contributed by atoms with Gasteiger partial charge < -0.3 is 21.1 Å². The number of thiophene rings is 1. The smallest absolute Gasteiger partial charge is 0.343 e. The Balaban J connectivity index is 3.32. The predicted octanol–water partition coefficient (Wildman–Crippen LogP) is 1.31. The summed E-state index contributed by atoms with van der Waals surface area (Å²) >= 11 is 1.11. The summed E-state index contributed by atoms with van der Waals surface area (Å²) in [5.41, 5.74) is 11.4. The molecule has 0 aliphatic heterocycles. The van der Waals surface area contributed by atoms with E-state index in [1.165, 1.54) is 7.11 Å². The molecule has 0 saturated carbocycles. The second-order valence-corrected chi connectivity index (χ2v) is 5.65. The minimum Gasteiger partial charge on any atom is -0.465 e. The molecule has 19 heavy (non-hydrogen) atoms. The second kappa shape index (κ2) is 5.92. The Hall–Kier alpha value is -1.76. The molecule has 0 aromatic carbocycles. The lowest BCUT2D eigenvalue weighted by molar-refractivity contribution is 0.0603. The lowest BCUT2D eigenvalue weighted by atomic mass is 10.2. The van der Waals surface area contributed by atoms with Crippen molar-refractivity contribution in [3.8, 4) is 0 Å². The average molecular weight is 285 g/mol. The molecule has 0 bridgehead atoms. The molecule has 0 atom stereocenters. The standard InChI is InChI=1S/C12H19N3O3S/c1-6(2)5-15(3)11-7(12(17)18-4)8(13)9(19-11)10(14)16/h6H,5,13H2,1-4H3,(H2,14,16). The molecule has 0 aliphatic carbocycles. The van der Waals surface area contributed by atoms with Crippen LogP contribution in [0.25, 0.3) is 0 Å². The number of nitrogens with zero attached hydrogens (tertiary/aromatic N) is 1. The van der Waals surface area contributed by atoms with Crippen LogP contribution < -0.4 is 16.4 Å². The Morgan fingerprint density at radius 3 is 2.42 bits per heavy atom. The third kappa shape index (κ3) is 3.17. The summed E-state index contributed by atoms with van der Waals surface area (Å²) in [5.74, 6) is -0.806. The average Bonchev–Trinajstić information content (AvgIpc) is 2.65. The maximum atomic E-state index is 11.8. The Labute approximate surface area is 116 Å². The number of anilines is 2. The number of amides is 1. The minimum atomic E-state index is -0.642. The van der Waals surface area contributed by atoms with Gasteiger partial charge in [-0.15, -0.1) is 11.3 Å². The zero-order chi connectivity index (χ0) is 14.7. The molecular weight excluding hydrogens is 266 g/mol. The van der Waals surface area contributed by atoms with E-state index in [1.54, 1.807) is 0 Å². The number of carbonyl (C=O) groups excluding carboxylic acids is 2. The summed E-state index contributed by atoms with van der Waals surface area (Å²) in [7, 11) is 3.11. The van der Waals surface area contributed by atoms with Crippen molar-refractivity contribution in [1.29, 1.82) is 0 Å². The third-order valence-corrected chi connectivity index (χ3v) is 3.86. The van der Waals surface area contributed by atoms with Gasteiger partial charge in [0.2, 0.25) is 0 Å². The van der Waals surface area contributed by atoms with Crippen molar-refractivity contribution in [3.63, 3.8) is 0 Å². The molecule has 106 valence electrons. The lowest BCUT2D eigenvalue weighted by Crippen LogP contribution is -2.23.